The van der Waals surface area contributed by atoms with Crippen LogP contribution in [-0.2, 0) is 4.74 Å². The summed E-state index contributed by atoms with van der Waals surface area (Å²) in [5, 5.41) is 25.6. The minimum absolute atomic E-state index is 0.0513. The fourth-order valence-electron chi connectivity index (χ4n) is 5.65. The third-order valence-corrected chi connectivity index (χ3v) is 7.43. The number of carbonyl (C=O) groups excluding carboxylic acids is 1. The quantitative estimate of drug-likeness (QED) is 0.622. The van der Waals surface area contributed by atoms with Crippen molar-refractivity contribution < 1.29 is 19.7 Å². The summed E-state index contributed by atoms with van der Waals surface area (Å²) in [6.07, 6.45) is 2.51. The Kier molecular flexibility index (Phi) is 6.86. The molecule has 3 N–H and O–H groups in total. The molecule has 178 valence electrons. The molecule has 0 spiro atoms. The standard InChI is InChI=1S/C26H35N3O4/c1-25-15-19(18-9-5-4-6-10-18)16-26(33-25,13-12-21(23(25)31)29(2)3)22(30)17-28-24(32)20-11-7-8-14-27-20/h4-11,14,19,21-23,30-31H,12-13,15-17H2,1-3H3,(H,28,32)/t19-,21-,22?,23+,25+,26+/m1/s1. The molecular weight excluding hydrogens is 418 g/mol. The summed E-state index contributed by atoms with van der Waals surface area (Å²) in [5.74, 6) is -0.203. The molecule has 7 heteroatoms. The number of nitrogens with one attached hydrogen (secondary N) is 1. The van der Waals surface area contributed by atoms with Gasteiger partial charge in [-0.2, -0.15) is 0 Å². The number of hydrogen-bond donors (Lipinski definition) is 3. The summed E-state index contributed by atoms with van der Waals surface area (Å²) in [5.41, 5.74) is -0.216. The van der Waals surface area contributed by atoms with Gasteiger partial charge in [0.2, 0.25) is 0 Å². The Labute approximate surface area is 195 Å². The van der Waals surface area contributed by atoms with Crippen LogP contribution in [-0.4, -0.2) is 76.1 Å². The lowest BCUT2D eigenvalue weighted by Crippen LogP contribution is -2.61. The van der Waals surface area contributed by atoms with E-state index in [1.165, 1.54) is 5.56 Å². The Hall–Kier alpha value is -2.32. The first-order chi connectivity index (χ1) is 15.7. The molecule has 2 aliphatic heterocycles. The topological polar surface area (TPSA) is 94.9 Å². The van der Waals surface area contributed by atoms with E-state index < -0.39 is 23.4 Å². The van der Waals surface area contributed by atoms with Gasteiger partial charge in [-0.05, 0) is 70.3 Å². The lowest BCUT2D eigenvalue weighted by atomic mass is 9.72. The zero-order valence-electron chi connectivity index (χ0n) is 19.6. The Morgan fingerprint density at radius 1 is 1.21 bits per heavy atom. The molecule has 33 heavy (non-hydrogen) atoms. The van der Waals surface area contributed by atoms with Crippen LogP contribution in [0.3, 0.4) is 0 Å². The van der Waals surface area contributed by atoms with Crippen LogP contribution in [0.15, 0.2) is 54.7 Å². The van der Waals surface area contributed by atoms with E-state index in [0.717, 1.165) is 0 Å². The summed E-state index contributed by atoms with van der Waals surface area (Å²) < 4.78 is 6.67. The van der Waals surface area contributed by atoms with E-state index in [4.69, 9.17) is 4.74 Å². The first-order valence-corrected chi connectivity index (χ1v) is 11.7. The van der Waals surface area contributed by atoms with Gasteiger partial charge in [0, 0.05) is 18.8 Å². The molecule has 4 rings (SSSR count). The van der Waals surface area contributed by atoms with Crippen LogP contribution in [0.2, 0.25) is 0 Å². The van der Waals surface area contributed by atoms with E-state index in [1.54, 1.807) is 24.4 Å². The minimum Gasteiger partial charge on any atom is -0.388 e. The van der Waals surface area contributed by atoms with Crippen molar-refractivity contribution in [2.45, 2.75) is 68.0 Å². The van der Waals surface area contributed by atoms with E-state index in [9.17, 15) is 15.0 Å². The molecular formula is C26H35N3O4. The highest BCUT2D eigenvalue weighted by Gasteiger charge is 2.57. The van der Waals surface area contributed by atoms with Crippen molar-refractivity contribution in [1.29, 1.82) is 0 Å². The van der Waals surface area contributed by atoms with Crippen molar-refractivity contribution in [3.05, 3.63) is 66.0 Å². The van der Waals surface area contributed by atoms with Gasteiger partial charge in [0.1, 0.15) is 11.8 Å². The molecule has 0 saturated carbocycles. The summed E-state index contributed by atoms with van der Waals surface area (Å²) in [7, 11) is 3.94. The largest absolute Gasteiger partial charge is 0.388 e. The number of aromatic nitrogens is 1. The molecule has 7 nitrogen and oxygen atoms in total. The van der Waals surface area contributed by atoms with Crippen molar-refractivity contribution in [3.63, 3.8) is 0 Å². The van der Waals surface area contributed by atoms with Gasteiger partial charge in [0.05, 0.1) is 17.3 Å². The number of hydrogen-bond acceptors (Lipinski definition) is 6. The number of aliphatic hydroxyl groups is 2. The van der Waals surface area contributed by atoms with Crippen LogP contribution in [0.4, 0.5) is 0 Å². The van der Waals surface area contributed by atoms with Gasteiger partial charge in [-0.3, -0.25) is 9.78 Å². The second-order valence-corrected chi connectivity index (χ2v) is 9.95. The van der Waals surface area contributed by atoms with E-state index in [1.807, 2.05) is 44.1 Å². The van der Waals surface area contributed by atoms with Gasteiger partial charge in [0.25, 0.3) is 5.91 Å². The number of aliphatic hydroxyl groups excluding tert-OH is 2. The van der Waals surface area contributed by atoms with Gasteiger partial charge in [-0.15, -0.1) is 0 Å². The maximum atomic E-state index is 12.5. The molecule has 1 aromatic heterocycles. The lowest BCUT2D eigenvalue weighted by Gasteiger charge is -2.52. The van der Waals surface area contributed by atoms with Gasteiger partial charge >= 0.3 is 0 Å². The van der Waals surface area contributed by atoms with Crippen LogP contribution < -0.4 is 5.32 Å². The van der Waals surface area contributed by atoms with Crippen molar-refractivity contribution in [2.75, 3.05) is 20.6 Å². The second kappa shape index (κ2) is 9.50. The van der Waals surface area contributed by atoms with Crippen molar-refractivity contribution in [3.8, 4) is 0 Å². The molecule has 3 heterocycles. The van der Waals surface area contributed by atoms with Gasteiger partial charge in [-0.1, -0.05) is 36.4 Å². The number of benzene rings is 1. The van der Waals surface area contributed by atoms with E-state index in [0.29, 0.717) is 31.4 Å². The Morgan fingerprint density at radius 3 is 2.61 bits per heavy atom. The SMILES string of the molecule is CN(C)[C@@H]1CC[C@@]2(C(O)CNC(=O)c3ccccn3)C[C@H](c3ccccc3)C[C@](C)(O2)[C@H]1O. The molecule has 1 amide bonds. The third kappa shape index (κ3) is 4.82. The second-order valence-electron chi connectivity index (χ2n) is 9.95. The normalized spacial score (nSPS) is 32.7. The van der Waals surface area contributed by atoms with E-state index in [2.05, 4.69) is 22.4 Å². The van der Waals surface area contributed by atoms with Gasteiger partial charge in [0.15, 0.2) is 0 Å². The molecule has 2 saturated heterocycles. The molecule has 1 aromatic carbocycles. The number of nitrogens with zero attached hydrogens (tertiary/aromatic N) is 2. The van der Waals surface area contributed by atoms with Crippen LogP contribution >= 0.6 is 0 Å². The van der Waals surface area contributed by atoms with Gasteiger partial charge in [-0.25, -0.2) is 0 Å². The van der Waals surface area contributed by atoms with Crippen LogP contribution in [0.25, 0.3) is 0 Å². The van der Waals surface area contributed by atoms with Crippen molar-refractivity contribution in [1.82, 2.24) is 15.2 Å². The van der Waals surface area contributed by atoms with Crippen molar-refractivity contribution in [2.24, 2.45) is 0 Å². The van der Waals surface area contributed by atoms with Crippen LogP contribution in [0.1, 0.15) is 54.6 Å². The summed E-state index contributed by atoms with van der Waals surface area (Å²) in [6, 6.07) is 15.3. The maximum Gasteiger partial charge on any atom is 0.269 e. The lowest BCUT2D eigenvalue weighted by molar-refractivity contribution is -0.250. The predicted molar refractivity (Wildman–Crippen MR) is 126 cm³/mol. The fourth-order valence-corrected chi connectivity index (χ4v) is 5.65. The highest BCUT2D eigenvalue weighted by Crippen LogP contribution is 2.51. The Morgan fingerprint density at radius 2 is 1.94 bits per heavy atom. The predicted octanol–water partition coefficient (Wildman–Crippen LogP) is 2.35. The molecule has 2 bridgehead atoms. The number of fused-ring (bicyclic) bond motifs is 2. The number of likely N-dealkylation sites (N-methyl/N-ethyl adjacent to an activating group) is 1. The molecule has 2 fully saturated rings. The summed E-state index contributed by atoms with van der Waals surface area (Å²) in [6.45, 7) is 2.01. The maximum absolute atomic E-state index is 12.5. The number of ether oxygens (including phenoxy) is 1. The first kappa shape index (κ1) is 23.8. The van der Waals surface area contributed by atoms with E-state index in [-0.39, 0.29) is 24.4 Å². The number of carbonyl (C=O) groups is 1. The minimum atomic E-state index is -0.927. The van der Waals surface area contributed by atoms with E-state index >= 15 is 0 Å². The smallest absolute Gasteiger partial charge is 0.269 e. The number of rotatable bonds is 6. The monoisotopic (exact) mass is 453 g/mol. The molecule has 0 radical (unpaired) electrons. The average molecular weight is 454 g/mol. The van der Waals surface area contributed by atoms with Crippen LogP contribution in [0.5, 0.6) is 0 Å². The molecule has 6 atom stereocenters. The number of amides is 1. The van der Waals surface area contributed by atoms with Crippen molar-refractivity contribution >= 4 is 5.91 Å². The highest BCUT2D eigenvalue weighted by atomic mass is 16.6. The zero-order chi connectivity index (χ0) is 23.6. The highest BCUT2D eigenvalue weighted by molar-refractivity contribution is 5.92. The Bertz CT molecular complexity index is 941. The van der Waals surface area contributed by atoms with Gasteiger partial charge < -0.3 is 25.2 Å². The number of pyridine rings is 1. The Balaban J connectivity index is 1.62. The summed E-state index contributed by atoms with van der Waals surface area (Å²) >= 11 is 0. The molecule has 0 aliphatic carbocycles. The van der Waals surface area contributed by atoms with Crippen LogP contribution in [0, 0.1) is 0 Å². The molecule has 2 aliphatic rings. The molecule has 1 unspecified atom stereocenters. The fraction of sp³-hybridized carbons (Fsp3) is 0.538. The molecule has 2 aromatic rings. The zero-order valence-corrected chi connectivity index (χ0v) is 19.6. The summed E-state index contributed by atoms with van der Waals surface area (Å²) in [4.78, 5) is 18.7. The first-order valence-electron chi connectivity index (χ1n) is 11.7. The average Bonchev–Trinajstić information content (AvgIpc) is 2.90. The third-order valence-electron chi connectivity index (χ3n) is 7.43.